The Morgan fingerprint density at radius 2 is 0.723 bits per heavy atom. The molecule has 47 heavy (non-hydrogen) atoms. The third kappa shape index (κ3) is 4.04. The van der Waals surface area contributed by atoms with E-state index >= 15 is 0 Å². The van der Waals surface area contributed by atoms with Crippen molar-refractivity contribution in [2.24, 2.45) is 0 Å². The SMILES string of the molecule is c1ccc2cc3sc(-c4ccc5cc(-c6ccc7cc8c(cc7c6)sc6c7cc9ccccc9cc7sc86)ccc5c4)cc3cc2c1. The summed E-state index contributed by atoms with van der Waals surface area (Å²) in [6, 6.07) is 54.6. The van der Waals surface area contributed by atoms with Crippen molar-refractivity contribution in [1.82, 2.24) is 0 Å². The summed E-state index contributed by atoms with van der Waals surface area (Å²) in [6.07, 6.45) is 0. The van der Waals surface area contributed by atoms with E-state index < -0.39 is 0 Å². The normalized spacial score (nSPS) is 12.3. The van der Waals surface area contributed by atoms with Crippen LogP contribution in [0.15, 0.2) is 146 Å². The Morgan fingerprint density at radius 3 is 1.36 bits per heavy atom. The van der Waals surface area contributed by atoms with Gasteiger partial charge in [0.05, 0.1) is 9.40 Å². The van der Waals surface area contributed by atoms with Crippen LogP contribution in [0.25, 0.3) is 104 Å². The van der Waals surface area contributed by atoms with Crippen molar-refractivity contribution in [3.8, 4) is 21.6 Å². The molecule has 0 saturated heterocycles. The monoisotopic (exact) mass is 648 g/mol. The van der Waals surface area contributed by atoms with Gasteiger partial charge in [0.15, 0.2) is 0 Å². The van der Waals surface area contributed by atoms with Crippen molar-refractivity contribution in [2.45, 2.75) is 0 Å². The highest BCUT2D eigenvalue weighted by atomic mass is 32.1. The summed E-state index contributed by atoms with van der Waals surface area (Å²) in [5.74, 6) is 0. The lowest BCUT2D eigenvalue weighted by molar-refractivity contribution is 1.68. The van der Waals surface area contributed by atoms with E-state index in [1.54, 1.807) is 0 Å². The molecule has 0 nitrogen and oxygen atoms in total. The average molecular weight is 649 g/mol. The van der Waals surface area contributed by atoms with Crippen LogP contribution in [0.2, 0.25) is 0 Å². The van der Waals surface area contributed by atoms with Gasteiger partial charge in [-0.1, -0.05) is 84.9 Å². The highest BCUT2D eigenvalue weighted by Crippen LogP contribution is 2.46. The fraction of sp³-hybridized carbons (Fsp3) is 0. The molecule has 3 heterocycles. The molecule has 8 aromatic carbocycles. The van der Waals surface area contributed by atoms with Crippen LogP contribution in [-0.4, -0.2) is 0 Å². The number of benzene rings is 8. The molecule has 0 bridgehead atoms. The molecule has 218 valence electrons. The minimum Gasteiger partial charge on any atom is -0.135 e. The predicted molar refractivity (Wildman–Crippen MR) is 211 cm³/mol. The fourth-order valence-electron chi connectivity index (χ4n) is 7.31. The van der Waals surface area contributed by atoms with Crippen molar-refractivity contribution in [2.75, 3.05) is 0 Å². The zero-order valence-corrected chi connectivity index (χ0v) is 27.5. The van der Waals surface area contributed by atoms with Crippen LogP contribution in [-0.2, 0) is 0 Å². The van der Waals surface area contributed by atoms with E-state index in [1.165, 1.54) is 104 Å². The van der Waals surface area contributed by atoms with Crippen molar-refractivity contribution >= 4 is 117 Å². The molecule has 0 aliphatic carbocycles. The third-order valence-corrected chi connectivity index (χ3v) is 13.4. The highest BCUT2D eigenvalue weighted by Gasteiger charge is 2.15. The first-order chi connectivity index (χ1) is 23.2. The lowest BCUT2D eigenvalue weighted by atomic mass is 9.97. The van der Waals surface area contributed by atoms with Crippen LogP contribution in [0.4, 0.5) is 0 Å². The summed E-state index contributed by atoms with van der Waals surface area (Å²) >= 11 is 5.75. The Balaban J connectivity index is 0.969. The summed E-state index contributed by atoms with van der Waals surface area (Å²) in [6.45, 7) is 0. The minimum absolute atomic E-state index is 1.26. The summed E-state index contributed by atoms with van der Waals surface area (Å²) < 4.78 is 6.92. The van der Waals surface area contributed by atoms with Gasteiger partial charge in [0.25, 0.3) is 0 Å². The van der Waals surface area contributed by atoms with E-state index in [9.17, 15) is 0 Å². The Morgan fingerprint density at radius 1 is 0.277 bits per heavy atom. The van der Waals surface area contributed by atoms with Crippen LogP contribution >= 0.6 is 34.0 Å². The first-order valence-electron chi connectivity index (χ1n) is 15.9. The van der Waals surface area contributed by atoms with Gasteiger partial charge in [-0.15, -0.1) is 34.0 Å². The van der Waals surface area contributed by atoms with Gasteiger partial charge in [-0.25, -0.2) is 0 Å². The number of hydrogen-bond acceptors (Lipinski definition) is 3. The standard InChI is InChI=1S/C44H24S3/c1-3-7-27-21-40-36(18-25(27)5-1)24-39(45-40)34-14-13-30-15-29(9-10-31(30)16-34)32-11-12-33-20-38-42(23-35(33)17-32)47-43-37-19-26-6-2-4-8-28(26)22-41(37)46-44(38)43/h1-24H. The Bertz CT molecular complexity index is 3020. The number of hydrogen-bond donors (Lipinski definition) is 0. The van der Waals surface area contributed by atoms with Crippen molar-refractivity contribution in [1.29, 1.82) is 0 Å². The van der Waals surface area contributed by atoms with Crippen molar-refractivity contribution in [3.05, 3.63) is 146 Å². The Hall–Kier alpha value is -5.06. The molecule has 0 aliphatic rings. The van der Waals surface area contributed by atoms with Crippen LogP contribution < -0.4 is 0 Å². The van der Waals surface area contributed by atoms with Gasteiger partial charge < -0.3 is 0 Å². The van der Waals surface area contributed by atoms with Gasteiger partial charge in [-0.05, 0) is 126 Å². The molecule has 0 spiro atoms. The molecule has 0 saturated carbocycles. The summed E-state index contributed by atoms with van der Waals surface area (Å²) in [5.41, 5.74) is 3.79. The maximum atomic E-state index is 2.40. The smallest absolute Gasteiger partial charge is 0.0542 e. The molecule has 0 amide bonds. The largest absolute Gasteiger partial charge is 0.135 e. The number of fused-ring (bicyclic) bond motifs is 10. The molecule has 11 aromatic rings. The quantitative estimate of drug-likeness (QED) is 0.175. The van der Waals surface area contributed by atoms with Crippen LogP contribution in [0.3, 0.4) is 0 Å². The second kappa shape index (κ2) is 9.73. The summed E-state index contributed by atoms with van der Waals surface area (Å²) in [4.78, 5) is 1.32. The molecular weight excluding hydrogens is 625 g/mol. The molecule has 3 heteroatoms. The lowest BCUT2D eigenvalue weighted by Gasteiger charge is -2.08. The van der Waals surface area contributed by atoms with Gasteiger partial charge in [-0.3, -0.25) is 0 Å². The van der Waals surface area contributed by atoms with Gasteiger partial charge in [0.1, 0.15) is 0 Å². The van der Waals surface area contributed by atoms with E-state index in [2.05, 4.69) is 146 Å². The molecule has 0 fully saturated rings. The first-order valence-corrected chi connectivity index (χ1v) is 18.3. The van der Waals surface area contributed by atoms with E-state index in [0.29, 0.717) is 0 Å². The minimum atomic E-state index is 1.26. The molecule has 0 atom stereocenters. The number of rotatable bonds is 2. The molecule has 3 aromatic heterocycles. The van der Waals surface area contributed by atoms with Gasteiger partial charge in [0.2, 0.25) is 0 Å². The summed E-state index contributed by atoms with van der Waals surface area (Å²) in [5, 5.41) is 14.4. The van der Waals surface area contributed by atoms with E-state index in [4.69, 9.17) is 0 Å². The topological polar surface area (TPSA) is 0 Å². The summed E-state index contributed by atoms with van der Waals surface area (Å²) in [7, 11) is 0. The molecule has 0 unspecified atom stereocenters. The van der Waals surface area contributed by atoms with Gasteiger partial charge >= 0.3 is 0 Å². The fourth-order valence-corrected chi connectivity index (χ4v) is 11.1. The van der Waals surface area contributed by atoms with Crippen LogP contribution in [0.5, 0.6) is 0 Å². The third-order valence-electron chi connectivity index (χ3n) is 9.75. The zero-order valence-electron chi connectivity index (χ0n) is 25.1. The highest BCUT2D eigenvalue weighted by molar-refractivity contribution is 7.36. The van der Waals surface area contributed by atoms with E-state index in [1.807, 2.05) is 34.0 Å². The van der Waals surface area contributed by atoms with E-state index in [-0.39, 0.29) is 0 Å². The second-order valence-corrected chi connectivity index (χ2v) is 15.8. The van der Waals surface area contributed by atoms with Gasteiger partial charge in [-0.2, -0.15) is 0 Å². The maximum Gasteiger partial charge on any atom is 0.0542 e. The molecule has 0 N–H and O–H groups in total. The lowest BCUT2D eigenvalue weighted by Crippen LogP contribution is -1.82. The van der Waals surface area contributed by atoms with Crippen LogP contribution in [0.1, 0.15) is 0 Å². The molecular formula is C44H24S3. The molecule has 0 radical (unpaired) electrons. The van der Waals surface area contributed by atoms with E-state index in [0.717, 1.165) is 0 Å². The maximum absolute atomic E-state index is 2.40. The second-order valence-electron chi connectivity index (χ2n) is 12.6. The Labute approximate surface area is 282 Å². The first kappa shape index (κ1) is 26.1. The number of thiophene rings is 3. The zero-order chi connectivity index (χ0) is 30.6. The van der Waals surface area contributed by atoms with Crippen LogP contribution in [0, 0.1) is 0 Å². The van der Waals surface area contributed by atoms with Crippen molar-refractivity contribution < 1.29 is 0 Å². The molecule has 11 rings (SSSR count). The average Bonchev–Trinajstić information content (AvgIpc) is 3.79. The van der Waals surface area contributed by atoms with Crippen molar-refractivity contribution in [3.63, 3.8) is 0 Å². The Kier molecular flexibility index (Phi) is 5.39. The van der Waals surface area contributed by atoms with Gasteiger partial charge in [0, 0.05) is 29.7 Å². The molecule has 0 aliphatic heterocycles. The predicted octanol–water partition coefficient (Wildman–Crippen LogP) is 14.4.